The van der Waals surface area contributed by atoms with Crippen LogP contribution < -0.4 is 4.57 Å². The summed E-state index contributed by atoms with van der Waals surface area (Å²) in [7, 11) is 0. The van der Waals surface area contributed by atoms with Crippen molar-refractivity contribution in [2.75, 3.05) is 0 Å². The third kappa shape index (κ3) is 1.60. The summed E-state index contributed by atoms with van der Waals surface area (Å²) in [6.07, 6.45) is 0. The largest absolute Gasteiger partial charge is 0.213 e. The second kappa shape index (κ2) is 4.31. The summed E-state index contributed by atoms with van der Waals surface area (Å²) >= 11 is 0. The van der Waals surface area contributed by atoms with Crippen LogP contribution in [0.4, 0.5) is 0 Å². The number of fused-ring (bicyclic) bond motifs is 3. The number of pyridine rings is 1. The Kier molecular flexibility index (Phi) is 2.46. The second-order valence-electron chi connectivity index (χ2n) is 5.33. The Morgan fingerprint density at radius 1 is 0.750 bits per heavy atom. The lowest BCUT2D eigenvalue weighted by Gasteiger charge is -2.05. The highest BCUT2D eigenvalue weighted by Gasteiger charge is 2.28. The van der Waals surface area contributed by atoms with Gasteiger partial charge >= 0.3 is 0 Å². The van der Waals surface area contributed by atoms with Crippen LogP contribution in [0.15, 0.2) is 66.7 Å². The summed E-state index contributed by atoms with van der Waals surface area (Å²) in [5.74, 6) is 0. The van der Waals surface area contributed by atoms with Crippen molar-refractivity contribution in [2.45, 2.75) is 13.5 Å². The van der Waals surface area contributed by atoms with Crippen molar-refractivity contribution in [1.82, 2.24) is 0 Å². The van der Waals surface area contributed by atoms with E-state index in [0.717, 1.165) is 6.54 Å². The van der Waals surface area contributed by atoms with E-state index in [1.807, 2.05) is 0 Å². The quantitative estimate of drug-likeness (QED) is 0.455. The zero-order valence-corrected chi connectivity index (χ0v) is 11.5. The molecule has 1 aromatic heterocycles. The van der Waals surface area contributed by atoms with Crippen molar-refractivity contribution < 1.29 is 4.57 Å². The van der Waals surface area contributed by atoms with Crippen molar-refractivity contribution in [3.63, 3.8) is 0 Å². The zero-order valence-electron chi connectivity index (χ0n) is 11.5. The van der Waals surface area contributed by atoms with E-state index in [0.29, 0.717) is 0 Å². The van der Waals surface area contributed by atoms with Crippen LogP contribution in [-0.2, 0) is 6.54 Å². The minimum Gasteiger partial charge on any atom is -0.191 e. The van der Waals surface area contributed by atoms with Gasteiger partial charge in [0.25, 0.3) is 0 Å². The molecule has 0 radical (unpaired) electrons. The first kappa shape index (κ1) is 11.4. The van der Waals surface area contributed by atoms with Gasteiger partial charge in [-0.25, -0.2) is 0 Å². The first-order chi connectivity index (χ1) is 9.84. The standard InChI is InChI=1S/C19H16N/c1-14-17(15-7-3-2-4-8-15)11-12-19-18-10-6-5-9-16(18)13-20(14)19/h2-12H,13H2,1H3/q+1. The Hall–Kier alpha value is -2.41. The lowest BCUT2D eigenvalue weighted by atomic mass is 10.0. The van der Waals surface area contributed by atoms with Crippen molar-refractivity contribution in [3.05, 3.63) is 78.0 Å². The van der Waals surface area contributed by atoms with E-state index >= 15 is 0 Å². The molecule has 2 heterocycles. The van der Waals surface area contributed by atoms with Crippen LogP contribution in [0.1, 0.15) is 11.3 Å². The zero-order chi connectivity index (χ0) is 13.5. The van der Waals surface area contributed by atoms with E-state index in [1.54, 1.807) is 0 Å². The molecule has 0 N–H and O–H groups in total. The molecule has 1 nitrogen and oxygen atoms in total. The van der Waals surface area contributed by atoms with Gasteiger partial charge in [-0.15, -0.1) is 0 Å². The van der Waals surface area contributed by atoms with Gasteiger partial charge in [0.15, 0.2) is 12.2 Å². The van der Waals surface area contributed by atoms with Gasteiger partial charge in [-0.1, -0.05) is 48.5 Å². The van der Waals surface area contributed by atoms with E-state index in [2.05, 4.69) is 78.2 Å². The molecule has 0 bridgehead atoms. The number of rotatable bonds is 1. The lowest BCUT2D eigenvalue weighted by molar-refractivity contribution is -0.677. The number of hydrogen-bond donors (Lipinski definition) is 0. The van der Waals surface area contributed by atoms with Gasteiger partial charge in [-0.2, -0.15) is 4.57 Å². The molecular formula is C19H16N+. The smallest absolute Gasteiger partial charge is 0.191 e. The number of hydrogen-bond acceptors (Lipinski definition) is 0. The first-order valence-electron chi connectivity index (χ1n) is 7.02. The predicted molar refractivity (Wildman–Crippen MR) is 81.3 cm³/mol. The Bertz CT molecular complexity index is 788. The molecule has 2 aromatic carbocycles. The van der Waals surface area contributed by atoms with E-state index < -0.39 is 0 Å². The van der Waals surface area contributed by atoms with Gasteiger partial charge in [-0.3, -0.25) is 0 Å². The van der Waals surface area contributed by atoms with Crippen molar-refractivity contribution in [2.24, 2.45) is 0 Å². The number of benzene rings is 2. The summed E-state index contributed by atoms with van der Waals surface area (Å²) in [5.41, 5.74) is 8.07. The molecule has 4 rings (SSSR count). The summed E-state index contributed by atoms with van der Waals surface area (Å²) < 4.78 is 2.42. The van der Waals surface area contributed by atoms with Crippen LogP contribution in [0.25, 0.3) is 22.4 Å². The van der Waals surface area contributed by atoms with Crippen LogP contribution in [0.3, 0.4) is 0 Å². The van der Waals surface area contributed by atoms with Crippen molar-refractivity contribution >= 4 is 0 Å². The average molecular weight is 258 g/mol. The Morgan fingerprint density at radius 2 is 1.50 bits per heavy atom. The normalized spacial score (nSPS) is 12.1. The molecular weight excluding hydrogens is 242 g/mol. The molecule has 1 aliphatic rings. The second-order valence-corrected chi connectivity index (χ2v) is 5.33. The van der Waals surface area contributed by atoms with Crippen LogP contribution in [0, 0.1) is 6.92 Å². The first-order valence-corrected chi connectivity index (χ1v) is 7.02. The van der Waals surface area contributed by atoms with Crippen LogP contribution in [-0.4, -0.2) is 0 Å². The fourth-order valence-electron chi connectivity index (χ4n) is 3.14. The molecule has 0 saturated carbocycles. The maximum Gasteiger partial charge on any atom is 0.213 e. The number of aromatic nitrogens is 1. The summed E-state index contributed by atoms with van der Waals surface area (Å²) in [6, 6.07) is 23.8. The Balaban J connectivity index is 1.91. The molecule has 3 aromatic rings. The minimum atomic E-state index is 0.984. The molecule has 1 heteroatoms. The fourth-order valence-corrected chi connectivity index (χ4v) is 3.14. The maximum atomic E-state index is 2.42. The van der Waals surface area contributed by atoms with Crippen molar-refractivity contribution in [3.8, 4) is 22.4 Å². The molecule has 0 saturated heterocycles. The van der Waals surface area contributed by atoms with Gasteiger partial charge in [0.1, 0.15) is 0 Å². The molecule has 0 spiro atoms. The van der Waals surface area contributed by atoms with E-state index in [-0.39, 0.29) is 0 Å². The molecule has 20 heavy (non-hydrogen) atoms. The average Bonchev–Trinajstić information content (AvgIpc) is 2.88. The van der Waals surface area contributed by atoms with Gasteiger partial charge in [0.05, 0.1) is 5.56 Å². The van der Waals surface area contributed by atoms with Gasteiger partial charge < -0.3 is 0 Å². The minimum absolute atomic E-state index is 0.984. The van der Waals surface area contributed by atoms with E-state index in [9.17, 15) is 0 Å². The molecule has 0 amide bonds. The van der Waals surface area contributed by atoms with E-state index in [4.69, 9.17) is 0 Å². The van der Waals surface area contributed by atoms with E-state index in [1.165, 1.54) is 33.6 Å². The van der Waals surface area contributed by atoms with Crippen molar-refractivity contribution in [1.29, 1.82) is 0 Å². The number of nitrogens with zero attached hydrogens (tertiary/aromatic N) is 1. The molecule has 1 aliphatic heterocycles. The van der Waals surface area contributed by atoms with Gasteiger partial charge in [-0.05, 0) is 17.7 Å². The van der Waals surface area contributed by atoms with Gasteiger partial charge in [0, 0.05) is 24.1 Å². The fraction of sp³-hybridized carbons (Fsp3) is 0.105. The Labute approximate surface area is 119 Å². The third-order valence-corrected chi connectivity index (χ3v) is 4.20. The molecule has 0 unspecified atom stereocenters. The monoisotopic (exact) mass is 258 g/mol. The van der Waals surface area contributed by atoms with Crippen LogP contribution in [0.5, 0.6) is 0 Å². The molecule has 0 aliphatic carbocycles. The third-order valence-electron chi connectivity index (χ3n) is 4.20. The topological polar surface area (TPSA) is 3.88 Å². The molecule has 0 fully saturated rings. The lowest BCUT2D eigenvalue weighted by Crippen LogP contribution is -2.36. The summed E-state index contributed by atoms with van der Waals surface area (Å²) in [6.45, 7) is 3.20. The highest BCUT2D eigenvalue weighted by atomic mass is 15.0. The predicted octanol–water partition coefficient (Wildman–Crippen LogP) is 3.98. The van der Waals surface area contributed by atoms with Gasteiger partial charge in [0.2, 0.25) is 5.69 Å². The highest BCUT2D eigenvalue weighted by molar-refractivity contribution is 5.69. The molecule has 0 atom stereocenters. The summed E-state index contributed by atoms with van der Waals surface area (Å²) in [5, 5.41) is 0. The maximum absolute atomic E-state index is 2.42. The summed E-state index contributed by atoms with van der Waals surface area (Å²) in [4.78, 5) is 0. The Morgan fingerprint density at radius 3 is 2.35 bits per heavy atom. The highest BCUT2D eigenvalue weighted by Crippen LogP contribution is 2.30. The van der Waals surface area contributed by atoms with Crippen LogP contribution >= 0.6 is 0 Å². The molecule has 96 valence electrons. The van der Waals surface area contributed by atoms with Crippen LogP contribution in [0.2, 0.25) is 0 Å². The SMILES string of the molecule is Cc1c(-c2ccccc2)ccc2[n+]1Cc1ccccc1-2.